The smallest absolute Gasteiger partial charge is 0.0635 e. The van der Waals surface area contributed by atoms with Gasteiger partial charge in [0, 0.05) is 19.5 Å². The maximum Gasteiger partial charge on any atom is 0.0635 e. The maximum atomic E-state index is 8.25. The predicted molar refractivity (Wildman–Crippen MR) is 45.5 cm³/mol. The number of rotatable bonds is 6. The molecule has 0 aliphatic rings. The lowest BCUT2D eigenvalue weighted by molar-refractivity contribution is 0.283. The standard InChI is InChI=1S/C8H17N3/c1-2-3-4-7-11(10)8-5-6-9/h2-5,7-8,10H2,1H3. The summed E-state index contributed by atoms with van der Waals surface area (Å²) in [5.74, 6) is 5.58. The number of hydrazine groups is 1. The van der Waals surface area contributed by atoms with Crippen LogP contribution in [0.15, 0.2) is 0 Å². The molecule has 0 spiro atoms. The first kappa shape index (κ1) is 10.4. The van der Waals surface area contributed by atoms with Gasteiger partial charge < -0.3 is 0 Å². The van der Waals surface area contributed by atoms with E-state index in [0.717, 1.165) is 13.0 Å². The van der Waals surface area contributed by atoms with Crippen molar-refractivity contribution < 1.29 is 0 Å². The van der Waals surface area contributed by atoms with Crippen molar-refractivity contribution in [3.63, 3.8) is 0 Å². The molecule has 0 radical (unpaired) electrons. The molecular formula is C8H17N3. The van der Waals surface area contributed by atoms with Gasteiger partial charge in [-0.1, -0.05) is 19.8 Å². The predicted octanol–water partition coefficient (Wildman–Crippen LogP) is 1.27. The Morgan fingerprint density at radius 2 is 2.09 bits per heavy atom. The topological polar surface area (TPSA) is 53.0 Å². The van der Waals surface area contributed by atoms with Crippen LogP contribution < -0.4 is 5.84 Å². The van der Waals surface area contributed by atoms with Crippen molar-refractivity contribution in [1.82, 2.24) is 5.01 Å². The van der Waals surface area contributed by atoms with Gasteiger partial charge in [0.25, 0.3) is 0 Å². The van der Waals surface area contributed by atoms with Gasteiger partial charge in [0.15, 0.2) is 0 Å². The second kappa shape index (κ2) is 7.52. The normalized spacial score (nSPS) is 10.0. The van der Waals surface area contributed by atoms with Crippen LogP contribution in [0.1, 0.15) is 32.6 Å². The van der Waals surface area contributed by atoms with Gasteiger partial charge in [-0.05, 0) is 6.42 Å². The van der Waals surface area contributed by atoms with Crippen LogP contribution in [0.2, 0.25) is 0 Å². The van der Waals surface area contributed by atoms with E-state index in [9.17, 15) is 0 Å². The molecule has 0 aliphatic carbocycles. The maximum absolute atomic E-state index is 8.25. The molecule has 0 heterocycles. The minimum absolute atomic E-state index is 0.530. The number of nitriles is 1. The summed E-state index contributed by atoms with van der Waals surface area (Å²) in [6, 6.07) is 2.07. The highest BCUT2D eigenvalue weighted by Crippen LogP contribution is 1.94. The highest BCUT2D eigenvalue weighted by molar-refractivity contribution is 4.70. The van der Waals surface area contributed by atoms with E-state index in [1.165, 1.54) is 12.8 Å². The Morgan fingerprint density at radius 3 is 2.64 bits per heavy atom. The van der Waals surface area contributed by atoms with E-state index >= 15 is 0 Å². The van der Waals surface area contributed by atoms with Crippen molar-refractivity contribution in [1.29, 1.82) is 5.26 Å². The van der Waals surface area contributed by atoms with Gasteiger partial charge >= 0.3 is 0 Å². The average molecular weight is 155 g/mol. The molecule has 3 heteroatoms. The van der Waals surface area contributed by atoms with E-state index in [-0.39, 0.29) is 0 Å². The Balaban J connectivity index is 3.10. The summed E-state index contributed by atoms with van der Waals surface area (Å²) in [5, 5.41) is 9.98. The minimum Gasteiger partial charge on any atom is -0.269 e. The molecule has 0 rings (SSSR count). The van der Waals surface area contributed by atoms with Crippen LogP contribution in [-0.4, -0.2) is 18.1 Å². The van der Waals surface area contributed by atoms with Gasteiger partial charge in [-0.2, -0.15) is 5.26 Å². The van der Waals surface area contributed by atoms with Crippen molar-refractivity contribution in [2.24, 2.45) is 5.84 Å². The molecule has 0 saturated heterocycles. The second-order valence-electron chi connectivity index (χ2n) is 2.65. The third kappa shape index (κ3) is 7.31. The third-order valence-electron chi connectivity index (χ3n) is 1.56. The van der Waals surface area contributed by atoms with Crippen molar-refractivity contribution >= 4 is 0 Å². The molecule has 0 fully saturated rings. The van der Waals surface area contributed by atoms with Gasteiger partial charge in [-0.25, -0.2) is 5.01 Å². The van der Waals surface area contributed by atoms with E-state index in [0.29, 0.717) is 13.0 Å². The Morgan fingerprint density at radius 1 is 1.36 bits per heavy atom. The van der Waals surface area contributed by atoms with Crippen molar-refractivity contribution in [2.75, 3.05) is 13.1 Å². The van der Waals surface area contributed by atoms with E-state index in [1.54, 1.807) is 5.01 Å². The fraction of sp³-hybridized carbons (Fsp3) is 0.875. The Labute approximate surface area is 68.8 Å². The van der Waals surface area contributed by atoms with Gasteiger partial charge in [0.05, 0.1) is 6.07 Å². The van der Waals surface area contributed by atoms with Gasteiger partial charge in [0.2, 0.25) is 0 Å². The second-order valence-corrected chi connectivity index (χ2v) is 2.65. The molecule has 0 saturated carbocycles. The molecule has 0 aromatic rings. The van der Waals surface area contributed by atoms with Crippen molar-refractivity contribution in [3.05, 3.63) is 0 Å². The van der Waals surface area contributed by atoms with Crippen LogP contribution >= 0.6 is 0 Å². The zero-order valence-electron chi connectivity index (χ0n) is 7.21. The summed E-state index contributed by atoms with van der Waals surface area (Å²) in [4.78, 5) is 0. The van der Waals surface area contributed by atoms with Crippen LogP contribution in [-0.2, 0) is 0 Å². The highest BCUT2D eigenvalue weighted by Gasteiger charge is 1.95. The molecule has 0 aromatic carbocycles. The Kier molecular flexibility index (Phi) is 7.11. The highest BCUT2D eigenvalue weighted by atomic mass is 15.4. The van der Waals surface area contributed by atoms with Crippen LogP contribution in [0.5, 0.6) is 0 Å². The summed E-state index contributed by atoms with van der Waals surface area (Å²) in [7, 11) is 0. The molecule has 0 atom stereocenters. The van der Waals surface area contributed by atoms with E-state index < -0.39 is 0 Å². The first-order chi connectivity index (χ1) is 5.31. The molecule has 11 heavy (non-hydrogen) atoms. The molecular weight excluding hydrogens is 138 g/mol. The van der Waals surface area contributed by atoms with Crippen LogP contribution in [0.4, 0.5) is 0 Å². The van der Waals surface area contributed by atoms with Crippen molar-refractivity contribution in [2.45, 2.75) is 32.6 Å². The molecule has 2 N–H and O–H groups in total. The van der Waals surface area contributed by atoms with E-state index in [2.05, 4.69) is 13.0 Å². The third-order valence-corrected chi connectivity index (χ3v) is 1.56. The lowest BCUT2D eigenvalue weighted by Gasteiger charge is -2.13. The van der Waals surface area contributed by atoms with E-state index in [1.807, 2.05) is 0 Å². The zero-order valence-corrected chi connectivity index (χ0v) is 7.21. The Bertz CT molecular complexity index is 117. The molecule has 0 amide bonds. The number of hydrogen-bond acceptors (Lipinski definition) is 3. The van der Waals surface area contributed by atoms with Crippen molar-refractivity contribution in [3.8, 4) is 6.07 Å². The van der Waals surface area contributed by atoms with Crippen LogP contribution in [0.25, 0.3) is 0 Å². The van der Waals surface area contributed by atoms with Gasteiger partial charge in [0.1, 0.15) is 0 Å². The summed E-state index contributed by atoms with van der Waals surface area (Å²) in [6.07, 6.45) is 4.10. The van der Waals surface area contributed by atoms with E-state index in [4.69, 9.17) is 11.1 Å². The fourth-order valence-electron chi connectivity index (χ4n) is 0.870. The van der Waals surface area contributed by atoms with Crippen LogP contribution in [0, 0.1) is 11.3 Å². The van der Waals surface area contributed by atoms with Crippen LogP contribution in [0.3, 0.4) is 0 Å². The lowest BCUT2D eigenvalue weighted by atomic mass is 10.2. The summed E-state index contributed by atoms with van der Waals surface area (Å²) in [5.41, 5.74) is 0. The monoisotopic (exact) mass is 155 g/mol. The molecule has 0 bridgehead atoms. The molecule has 64 valence electrons. The lowest BCUT2D eigenvalue weighted by Crippen LogP contribution is -2.32. The molecule has 0 aromatic heterocycles. The van der Waals surface area contributed by atoms with Gasteiger partial charge in [-0.15, -0.1) is 0 Å². The quantitative estimate of drug-likeness (QED) is 0.357. The first-order valence-corrected chi connectivity index (χ1v) is 4.17. The molecule has 3 nitrogen and oxygen atoms in total. The summed E-state index contributed by atoms with van der Waals surface area (Å²) >= 11 is 0. The largest absolute Gasteiger partial charge is 0.269 e. The summed E-state index contributed by atoms with van der Waals surface area (Å²) in [6.45, 7) is 3.77. The van der Waals surface area contributed by atoms with Gasteiger partial charge in [-0.3, -0.25) is 5.84 Å². The summed E-state index contributed by atoms with van der Waals surface area (Å²) < 4.78 is 0. The number of unbranched alkanes of at least 4 members (excludes halogenated alkanes) is 2. The SMILES string of the molecule is CCCCCN(N)CCC#N. The molecule has 0 unspecified atom stereocenters. The first-order valence-electron chi connectivity index (χ1n) is 4.17. The number of nitrogens with zero attached hydrogens (tertiary/aromatic N) is 2. The minimum atomic E-state index is 0.530. The average Bonchev–Trinajstić information content (AvgIpc) is 2.01. The Hall–Kier alpha value is -0.590. The number of nitrogens with two attached hydrogens (primary N) is 1. The zero-order chi connectivity index (χ0) is 8.53. The number of hydrogen-bond donors (Lipinski definition) is 1. The fourth-order valence-corrected chi connectivity index (χ4v) is 0.870. The molecule has 0 aliphatic heterocycles.